The minimum atomic E-state index is 0.000374. The molecule has 4 rings (SSSR count). The van der Waals surface area contributed by atoms with Crippen LogP contribution in [0.2, 0.25) is 0 Å². The van der Waals surface area contributed by atoms with E-state index in [0.29, 0.717) is 37.4 Å². The molecule has 1 N–H and O–H groups in total. The fourth-order valence-electron chi connectivity index (χ4n) is 3.87. The van der Waals surface area contributed by atoms with Crippen molar-refractivity contribution in [2.75, 3.05) is 45.2 Å². The molecule has 0 atom stereocenters. The van der Waals surface area contributed by atoms with Gasteiger partial charge in [0.15, 0.2) is 0 Å². The van der Waals surface area contributed by atoms with Gasteiger partial charge in [0, 0.05) is 62.4 Å². The van der Waals surface area contributed by atoms with Crippen LogP contribution in [-0.4, -0.2) is 66.9 Å². The minimum Gasteiger partial charge on any atom is -0.378 e. The Labute approximate surface area is 170 Å². The second kappa shape index (κ2) is 7.62. The number of rotatable bonds is 3. The molecule has 1 aliphatic heterocycles. The second-order valence-electron chi connectivity index (χ2n) is 7.70. The minimum absolute atomic E-state index is 0.000374. The van der Waals surface area contributed by atoms with E-state index in [-0.39, 0.29) is 11.8 Å². The van der Waals surface area contributed by atoms with Crippen molar-refractivity contribution in [2.24, 2.45) is 0 Å². The fourth-order valence-corrected chi connectivity index (χ4v) is 3.87. The molecule has 0 aliphatic carbocycles. The molecule has 3 aromatic rings. The average Bonchev–Trinajstić information content (AvgIpc) is 3.09. The Bertz CT molecular complexity index is 1060. The van der Waals surface area contributed by atoms with Crippen molar-refractivity contribution < 1.29 is 9.59 Å². The zero-order valence-electron chi connectivity index (χ0n) is 17.1. The topological polar surface area (TPSA) is 59.7 Å². The van der Waals surface area contributed by atoms with Crippen LogP contribution < -0.4 is 4.90 Å². The zero-order valence-corrected chi connectivity index (χ0v) is 17.1. The SMILES string of the molecule is Cc1c(C(=O)N2CCN(C(=O)c3cccc(N(C)C)c3)CC2)[nH]c2ccccc12. The number of H-pyrrole nitrogens is 1. The van der Waals surface area contributed by atoms with Crippen LogP contribution in [0.4, 0.5) is 5.69 Å². The number of hydrogen-bond acceptors (Lipinski definition) is 3. The molecule has 6 heteroatoms. The number of aryl methyl sites for hydroxylation is 1. The summed E-state index contributed by atoms with van der Waals surface area (Å²) < 4.78 is 0. The molecule has 29 heavy (non-hydrogen) atoms. The van der Waals surface area contributed by atoms with Crippen molar-refractivity contribution in [3.63, 3.8) is 0 Å². The summed E-state index contributed by atoms with van der Waals surface area (Å²) in [5.41, 5.74) is 4.28. The van der Waals surface area contributed by atoms with Crippen molar-refractivity contribution in [1.82, 2.24) is 14.8 Å². The van der Waals surface area contributed by atoms with Gasteiger partial charge in [-0.15, -0.1) is 0 Å². The number of carbonyl (C=O) groups excluding carboxylic acids is 2. The predicted molar refractivity (Wildman–Crippen MR) is 116 cm³/mol. The molecule has 150 valence electrons. The van der Waals surface area contributed by atoms with E-state index in [1.54, 1.807) is 0 Å². The lowest BCUT2D eigenvalue weighted by molar-refractivity contribution is 0.0532. The molecule has 0 unspecified atom stereocenters. The van der Waals surface area contributed by atoms with Crippen LogP contribution in [0.3, 0.4) is 0 Å². The quantitative estimate of drug-likeness (QED) is 0.747. The number of piperazine rings is 1. The van der Waals surface area contributed by atoms with E-state index in [1.807, 2.05) is 84.2 Å². The van der Waals surface area contributed by atoms with E-state index in [2.05, 4.69) is 4.98 Å². The average molecular weight is 390 g/mol. The van der Waals surface area contributed by atoms with E-state index < -0.39 is 0 Å². The van der Waals surface area contributed by atoms with Gasteiger partial charge in [0.2, 0.25) is 0 Å². The van der Waals surface area contributed by atoms with Crippen LogP contribution in [0.1, 0.15) is 26.4 Å². The molecule has 0 bridgehead atoms. The van der Waals surface area contributed by atoms with Gasteiger partial charge in [-0.1, -0.05) is 24.3 Å². The Kier molecular flexibility index (Phi) is 5.01. The number of aromatic nitrogens is 1. The molecular weight excluding hydrogens is 364 g/mol. The van der Waals surface area contributed by atoms with Gasteiger partial charge >= 0.3 is 0 Å². The van der Waals surface area contributed by atoms with Crippen LogP contribution >= 0.6 is 0 Å². The summed E-state index contributed by atoms with van der Waals surface area (Å²) in [7, 11) is 3.92. The Hall–Kier alpha value is -3.28. The molecule has 6 nitrogen and oxygen atoms in total. The first kappa shape index (κ1) is 19.1. The van der Waals surface area contributed by atoms with E-state index >= 15 is 0 Å². The van der Waals surface area contributed by atoms with Crippen LogP contribution in [0.25, 0.3) is 10.9 Å². The first-order valence-corrected chi connectivity index (χ1v) is 9.89. The lowest BCUT2D eigenvalue weighted by Gasteiger charge is -2.34. The first-order valence-electron chi connectivity index (χ1n) is 9.89. The predicted octanol–water partition coefficient (Wildman–Crippen LogP) is 3.14. The highest BCUT2D eigenvalue weighted by Gasteiger charge is 2.27. The lowest BCUT2D eigenvalue weighted by atomic mass is 10.1. The molecule has 0 radical (unpaired) electrons. The van der Waals surface area contributed by atoms with Crippen LogP contribution in [0.15, 0.2) is 48.5 Å². The summed E-state index contributed by atoms with van der Waals surface area (Å²) in [5.74, 6) is 0.0167. The summed E-state index contributed by atoms with van der Waals surface area (Å²) in [6.07, 6.45) is 0. The number of carbonyl (C=O) groups is 2. The molecule has 2 amide bonds. The normalized spacial score (nSPS) is 14.3. The number of amides is 2. The van der Waals surface area contributed by atoms with Crippen LogP contribution in [0, 0.1) is 6.92 Å². The maximum Gasteiger partial charge on any atom is 0.270 e. The summed E-state index contributed by atoms with van der Waals surface area (Å²) in [6, 6.07) is 15.6. The number of anilines is 1. The van der Waals surface area contributed by atoms with Gasteiger partial charge < -0.3 is 19.7 Å². The van der Waals surface area contributed by atoms with Gasteiger partial charge in [0.1, 0.15) is 5.69 Å². The fraction of sp³-hybridized carbons (Fsp3) is 0.304. The van der Waals surface area contributed by atoms with Crippen LogP contribution in [0.5, 0.6) is 0 Å². The molecule has 1 saturated heterocycles. The Morgan fingerprint density at radius 1 is 0.897 bits per heavy atom. The molecule has 1 aliphatic rings. The standard InChI is InChI=1S/C23H26N4O2/c1-16-19-9-4-5-10-20(19)24-21(16)23(29)27-13-11-26(12-14-27)22(28)17-7-6-8-18(15-17)25(2)3/h4-10,15,24H,11-14H2,1-3H3. The maximum absolute atomic E-state index is 13.0. The molecule has 0 saturated carbocycles. The number of nitrogens with zero attached hydrogens (tertiary/aromatic N) is 3. The van der Waals surface area contributed by atoms with E-state index in [1.165, 1.54) is 0 Å². The molecule has 2 aromatic carbocycles. The number of aromatic amines is 1. The summed E-state index contributed by atoms with van der Waals surface area (Å²) >= 11 is 0. The highest BCUT2D eigenvalue weighted by Crippen LogP contribution is 2.23. The van der Waals surface area contributed by atoms with Crippen LogP contribution in [-0.2, 0) is 0 Å². The summed E-state index contributed by atoms with van der Waals surface area (Å²) in [6.45, 7) is 4.12. The molecule has 1 fully saturated rings. The molecule has 1 aromatic heterocycles. The van der Waals surface area contributed by atoms with Gasteiger partial charge in [0.05, 0.1) is 0 Å². The van der Waals surface area contributed by atoms with Gasteiger partial charge in [-0.2, -0.15) is 0 Å². The number of para-hydroxylation sites is 1. The number of fused-ring (bicyclic) bond motifs is 1. The monoisotopic (exact) mass is 390 g/mol. The zero-order chi connectivity index (χ0) is 20.5. The van der Waals surface area contributed by atoms with Crippen molar-refractivity contribution >= 4 is 28.4 Å². The van der Waals surface area contributed by atoms with Gasteiger partial charge in [-0.3, -0.25) is 9.59 Å². The second-order valence-corrected chi connectivity index (χ2v) is 7.70. The smallest absolute Gasteiger partial charge is 0.270 e. The lowest BCUT2D eigenvalue weighted by Crippen LogP contribution is -2.50. The summed E-state index contributed by atoms with van der Waals surface area (Å²) in [5, 5.41) is 1.07. The first-order chi connectivity index (χ1) is 14.0. The van der Waals surface area contributed by atoms with Crippen molar-refractivity contribution in [3.8, 4) is 0 Å². The van der Waals surface area contributed by atoms with Crippen molar-refractivity contribution in [3.05, 3.63) is 65.4 Å². The van der Waals surface area contributed by atoms with Crippen molar-refractivity contribution in [2.45, 2.75) is 6.92 Å². The molecule has 2 heterocycles. The highest BCUT2D eigenvalue weighted by atomic mass is 16.2. The molecular formula is C23H26N4O2. The Morgan fingerprint density at radius 3 is 2.21 bits per heavy atom. The Balaban J connectivity index is 1.45. The third-order valence-corrected chi connectivity index (χ3v) is 5.64. The van der Waals surface area contributed by atoms with Gasteiger partial charge in [0.25, 0.3) is 11.8 Å². The van der Waals surface area contributed by atoms with E-state index in [9.17, 15) is 9.59 Å². The highest BCUT2D eigenvalue weighted by molar-refractivity contribution is 6.01. The Morgan fingerprint density at radius 2 is 1.55 bits per heavy atom. The summed E-state index contributed by atoms with van der Waals surface area (Å²) in [4.78, 5) is 34.8. The van der Waals surface area contributed by atoms with Gasteiger partial charge in [-0.25, -0.2) is 0 Å². The largest absolute Gasteiger partial charge is 0.378 e. The van der Waals surface area contributed by atoms with Gasteiger partial charge in [-0.05, 0) is 36.8 Å². The number of hydrogen-bond donors (Lipinski definition) is 1. The molecule has 0 spiro atoms. The number of benzene rings is 2. The maximum atomic E-state index is 13.0. The van der Waals surface area contributed by atoms with E-state index in [0.717, 1.165) is 22.2 Å². The number of nitrogens with one attached hydrogen (secondary N) is 1. The van der Waals surface area contributed by atoms with E-state index in [4.69, 9.17) is 0 Å². The van der Waals surface area contributed by atoms with Crippen molar-refractivity contribution in [1.29, 1.82) is 0 Å². The third-order valence-electron chi connectivity index (χ3n) is 5.64. The third kappa shape index (κ3) is 3.58.